The van der Waals surface area contributed by atoms with Gasteiger partial charge in [0.15, 0.2) is 11.5 Å². The highest BCUT2D eigenvalue weighted by molar-refractivity contribution is 5.83. The van der Waals surface area contributed by atoms with Crippen LogP contribution < -0.4 is 25.8 Å². The molecule has 3 amide bonds. The first-order valence-electron chi connectivity index (χ1n) is 16.5. The van der Waals surface area contributed by atoms with Gasteiger partial charge in [-0.1, -0.05) is 40.7 Å². The minimum atomic E-state index is -1.06. The number of primary amides is 1. The number of alkyl carbamates (subject to hydrolysis) is 1. The molecule has 0 fully saturated rings. The Morgan fingerprint density at radius 1 is 0.915 bits per heavy atom. The number of hydrogen-bond donors (Lipinski definition) is 3. The number of amides is 3. The van der Waals surface area contributed by atoms with Crippen molar-refractivity contribution in [3.63, 3.8) is 0 Å². The zero-order chi connectivity index (χ0) is 35.7. The molecule has 1 aromatic rings. The molecule has 47 heavy (non-hydrogen) atoms. The molecular formula is C35H59N3O9. The Bertz CT molecular complexity index is 1140. The zero-order valence-electron chi connectivity index (χ0n) is 30.1. The van der Waals surface area contributed by atoms with Crippen molar-refractivity contribution >= 4 is 23.9 Å². The van der Waals surface area contributed by atoms with Gasteiger partial charge in [0, 0.05) is 45.6 Å². The van der Waals surface area contributed by atoms with Gasteiger partial charge in [-0.05, 0) is 69.1 Å². The molecule has 0 saturated heterocycles. The fourth-order valence-electron chi connectivity index (χ4n) is 4.92. The van der Waals surface area contributed by atoms with E-state index in [0.717, 1.165) is 12.0 Å². The minimum absolute atomic E-state index is 0.00814. The third kappa shape index (κ3) is 15.7. The van der Waals surface area contributed by atoms with E-state index in [0.29, 0.717) is 50.4 Å². The summed E-state index contributed by atoms with van der Waals surface area (Å²) >= 11 is 0. The van der Waals surface area contributed by atoms with Crippen LogP contribution in [0.3, 0.4) is 0 Å². The third-order valence-electron chi connectivity index (χ3n) is 7.94. The van der Waals surface area contributed by atoms with Gasteiger partial charge >= 0.3 is 12.1 Å². The molecule has 4 atom stereocenters. The second kappa shape index (κ2) is 20.6. The van der Waals surface area contributed by atoms with Crippen LogP contribution in [0.1, 0.15) is 86.6 Å². The van der Waals surface area contributed by atoms with Crippen LogP contribution in [0.5, 0.6) is 11.5 Å². The van der Waals surface area contributed by atoms with E-state index in [4.69, 9.17) is 29.4 Å². The smallest absolute Gasteiger partial charge is 0.410 e. The van der Waals surface area contributed by atoms with Crippen molar-refractivity contribution in [2.45, 2.75) is 99.8 Å². The summed E-state index contributed by atoms with van der Waals surface area (Å²) < 4.78 is 27.1. The summed E-state index contributed by atoms with van der Waals surface area (Å²) in [7, 11) is 3.25. The molecule has 0 aliphatic rings. The molecule has 0 aromatic heterocycles. The molecule has 0 bridgehead atoms. The lowest BCUT2D eigenvalue weighted by Gasteiger charge is -2.28. The molecule has 0 spiro atoms. The van der Waals surface area contributed by atoms with Gasteiger partial charge in [0.05, 0.1) is 25.0 Å². The Morgan fingerprint density at radius 3 is 2.17 bits per heavy atom. The monoisotopic (exact) mass is 665 g/mol. The van der Waals surface area contributed by atoms with E-state index in [2.05, 4.69) is 17.6 Å². The quantitative estimate of drug-likeness (QED) is 0.0878. The van der Waals surface area contributed by atoms with E-state index in [1.54, 1.807) is 41.9 Å². The fourth-order valence-corrected chi connectivity index (χ4v) is 4.92. The molecule has 0 radical (unpaired) electrons. The Labute approximate surface area is 281 Å². The summed E-state index contributed by atoms with van der Waals surface area (Å²) in [5.41, 5.74) is 5.65. The Balaban J connectivity index is 3.06. The van der Waals surface area contributed by atoms with Crippen LogP contribution in [0.2, 0.25) is 0 Å². The van der Waals surface area contributed by atoms with Gasteiger partial charge in [0.25, 0.3) is 0 Å². The van der Waals surface area contributed by atoms with E-state index < -0.39 is 29.7 Å². The van der Waals surface area contributed by atoms with Crippen LogP contribution in [-0.2, 0) is 35.0 Å². The molecule has 12 nitrogen and oxygen atoms in total. The van der Waals surface area contributed by atoms with Crippen molar-refractivity contribution in [2.75, 3.05) is 34.0 Å². The van der Waals surface area contributed by atoms with Gasteiger partial charge in [0.2, 0.25) is 18.1 Å². The number of rotatable bonds is 22. The van der Waals surface area contributed by atoms with Gasteiger partial charge in [-0.3, -0.25) is 14.4 Å². The highest BCUT2D eigenvalue weighted by Gasteiger charge is 2.30. The standard InChI is InChI=1S/C35H59N3O9/c1-22(2)28(31(39)37-21-35(7,8)33(36)41)14-13-27(38-34(42)47-25(6)46-32(40)23(3)4)19-24(5)18-26-12-15-29(44-10)30(20-26)45-17-11-16-43-9/h12,15,20,22-25,27-28H,11,13-14,16-19,21H2,1-10H3,(H2,36,41)(H,37,39)(H,38,42)/t24-,25+,27?,28-/m0/s1. The lowest BCUT2D eigenvalue weighted by molar-refractivity contribution is -0.168. The normalized spacial score (nSPS) is 14.1. The van der Waals surface area contributed by atoms with Crippen LogP contribution in [0.4, 0.5) is 4.79 Å². The summed E-state index contributed by atoms with van der Waals surface area (Å²) in [6.07, 6.45) is 1.24. The SMILES string of the molecule is COCCCOc1cc(C[C@H](C)CC(CC[C@H](C(=O)NCC(C)(C)C(N)=O)C(C)C)NC(=O)O[C@H](C)OC(=O)C(C)C)ccc1OC. The minimum Gasteiger partial charge on any atom is -0.493 e. The van der Waals surface area contributed by atoms with Crippen LogP contribution in [0.15, 0.2) is 18.2 Å². The largest absolute Gasteiger partial charge is 0.493 e. The average molecular weight is 666 g/mol. The third-order valence-corrected chi connectivity index (χ3v) is 7.94. The van der Waals surface area contributed by atoms with Crippen molar-refractivity contribution in [1.29, 1.82) is 0 Å². The number of hydrogen-bond acceptors (Lipinski definition) is 9. The molecule has 268 valence electrons. The van der Waals surface area contributed by atoms with E-state index in [1.807, 2.05) is 32.0 Å². The first-order chi connectivity index (χ1) is 22.0. The van der Waals surface area contributed by atoms with E-state index in [-0.39, 0.29) is 42.2 Å². The number of benzene rings is 1. The molecule has 0 saturated carbocycles. The molecule has 1 rings (SSSR count). The van der Waals surface area contributed by atoms with Crippen molar-refractivity contribution in [3.05, 3.63) is 23.8 Å². The fraction of sp³-hybridized carbons (Fsp3) is 0.714. The molecule has 1 aromatic carbocycles. The lowest BCUT2D eigenvalue weighted by atomic mass is 9.85. The summed E-state index contributed by atoms with van der Waals surface area (Å²) in [6.45, 7) is 15.5. The van der Waals surface area contributed by atoms with Crippen LogP contribution in [-0.4, -0.2) is 70.2 Å². The van der Waals surface area contributed by atoms with Gasteiger partial charge < -0.3 is 40.1 Å². The number of nitrogens with one attached hydrogen (secondary N) is 2. The summed E-state index contributed by atoms with van der Waals surface area (Å²) in [5, 5.41) is 5.82. The summed E-state index contributed by atoms with van der Waals surface area (Å²) in [6, 6.07) is 5.50. The molecule has 1 unspecified atom stereocenters. The van der Waals surface area contributed by atoms with Gasteiger partial charge in [-0.2, -0.15) is 0 Å². The summed E-state index contributed by atoms with van der Waals surface area (Å²) in [5.74, 6) is -0.434. The van der Waals surface area contributed by atoms with Crippen LogP contribution in [0, 0.1) is 29.1 Å². The zero-order valence-corrected chi connectivity index (χ0v) is 30.1. The van der Waals surface area contributed by atoms with E-state index in [9.17, 15) is 19.2 Å². The highest BCUT2D eigenvalue weighted by atomic mass is 16.7. The number of carbonyl (C=O) groups excluding carboxylic acids is 4. The lowest BCUT2D eigenvalue weighted by Crippen LogP contribution is -2.45. The van der Waals surface area contributed by atoms with Gasteiger partial charge in [0.1, 0.15) is 0 Å². The predicted octanol–water partition coefficient (Wildman–Crippen LogP) is 5.00. The maximum absolute atomic E-state index is 13.2. The second-order valence-corrected chi connectivity index (χ2v) is 13.5. The predicted molar refractivity (Wildman–Crippen MR) is 180 cm³/mol. The molecule has 0 aliphatic carbocycles. The van der Waals surface area contributed by atoms with Crippen molar-refractivity contribution < 1.29 is 42.9 Å². The number of methoxy groups -OCH3 is 2. The first-order valence-corrected chi connectivity index (χ1v) is 16.5. The van der Waals surface area contributed by atoms with Crippen molar-refractivity contribution in [2.24, 2.45) is 34.8 Å². The maximum atomic E-state index is 13.2. The molecule has 12 heteroatoms. The molecule has 0 aliphatic heterocycles. The molecular weight excluding hydrogens is 606 g/mol. The van der Waals surface area contributed by atoms with Crippen LogP contribution in [0.25, 0.3) is 0 Å². The number of nitrogens with two attached hydrogens (primary N) is 1. The first kappa shape index (κ1) is 41.5. The number of ether oxygens (including phenoxy) is 5. The molecule has 0 heterocycles. The van der Waals surface area contributed by atoms with Gasteiger partial charge in [-0.15, -0.1) is 0 Å². The Morgan fingerprint density at radius 2 is 1.60 bits per heavy atom. The Kier molecular flexibility index (Phi) is 18.2. The summed E-state index contributed by atoms with van der Waals surface area (Å²) in [4.78, 5) is 49.8. The topological polar surface area (TPSA) is 165 Å². The maximum Gasteiger partial charge on any atom is 0.410 e. The van der Waals surface area contributed by atoms with Crippen molar-refractivity contribution in [1.82, 2.24) is 10.6 Å². The average Bonchev–Trinajstić information content (AvgIpc) is 2.97. The van der Waals surface area contributed by atoms with Gasteiger partial charge in [-0.25, -0.2) is 4.79 Å². The van der Waals surface area contributed by atoms with E-state index >= 15 is 0 Å². The Hall–Kier alpha value is -3.54. The highest BCUT2D eigenvalue weighted by Crippen LogP contribution is 2.30. The molecule has 4 N–H and O–H groups in total. The van der Waals surface area contributed by atoms with Crippen molar-refractivity contribution in [3.8, 4) is 11.5 Å². The second-order valence-electron chi connectivity index (χ2n) is 13.5. The van der Waals surface area contributed by atoms with E-state index in [1.165, 1.54) is 6.92 Å². The number of esters is 1. The number of carbonyl (C=O) groups is 4. The van der Waals surface area contributed by atoms with Crippen LogP contribution >= 0.6 is 0 Å².